The van der Waals surface area contributed by atoms with Crippen molar-refractivity contribution in [3.05, 3.63) is 101 Å². The number of hydrogen-bond donors (Lipinski definition) is 3. The van der Waals surface area contributed by atoms with E-state index in [4.69, 9.17) is 4.74 Å². The molecule has 0 aliphatic heterocycles. The van der Waals surface area contributed by atoms with Crippen LogP contribution in [-0.4, -0.2) is 30.5 Å². The number of fused-ring (bicyclic) bond motifs is 1. The van der Waals surface area contributed by atoms with Gasteiger partial charge in [0.25, 0.3) is 0 Å². The molecule has 4 aromatic rings. The minimum absolute atomic E-state index is 0.0559. The minimum atomic E-state index is -0.388. The van der Waals surface area contributed by atoms with Gasteiger partial charge in [0.2, 0.25) is 11.8 Å². The molecular formula is C29H31N3O3. The number of aromatic amines is 1. The zero-order valence-electron chi connectivity index (χ0n) is 20.3. The zero-order valence-corrected chi connectivity index (χ0v) is 20.3. The summed E-state index contributed by atoms with van der Waals surface area (Å²) in [6.07, 6.45) is 2.17. The molecule has 0 radical (unpaired) electrons. The fraction of sp³-hybridized carbons (Fsp3) is 0.241. The van der Waals surface area contributed by atoms with Gasteiger partial charge in [0.05, 0.1) is 19.6 Å². The quantitative estimate of drug-likeness (QED) is 0.323. The van der Waals surface area contributed by atoms with Crippen molar-refractivity contribution in [2.45, 2.75) is 32.2 Å². The van der Waals surface area contributed by atoms with Gasteiger partial charge in [-0.15, -0.1) is 0 Å². The number of carbonyl (C=O) groups is 2. The van der Waals surface area contributed by atoms with Crippen molar-refractivity contribution in [1.82, 2.24) is 15.6 Å². The Labute approximate surface area is 205 Å². The molecule has 6 nitrogen and oxygen atoms in total. The molecule has 180 valence electrons. The molecule has 1 aromatic heterocycles. The second-order valence-electron chi connectivity index (χ2n) is 8.79. The van der Waals surface area contributed by atoms with Gasteiger partial charge in [-0.3, -0.25) is 9.59 Å². The second kappa shape index (κ2) is 10.9. The molecule has 6 heteroatoms. The SMILES string of the molecule is COc1ccc([C@H](CNC(=O)C[C@@H](NC(C)=O)c2ccc(C)cc2)c2c[nH]c3ccccc23)cc1. The number of rotatable bonds is 9. The van der Waals surface area contributed by atoms with Crippen LogP contribution in [0.1, 0.15) is 47.6 Å². The van der Waals surface area contributed by atoms with E-state index in [-0.39, 0.29) is 30.2 Å². The first-order valence-electron chi connectivity index (χ1n) is 11.7. The van der Waals surface area contributed by atoms with Crippen molar-refractivity contribution in [3.8, 4) is 5.75 Å². The standard InChI is InChI=1S/C29H31N3O3/c1-19-8-10-22(11-9-19)28(32-20(2)33)16-29(34)31-17-25(21-12-14-23(35-3)15-13-21)26-18-30-27-7-5-4-6-24(26)27/h4-15,18,25,28,30H,16-17H2,1-3H3,(H,31,34)(H,32,33)/t25-,28+/m0/s1. The molecule has 3 aromatic carbocycles. The average molecular weight is 470 g/mol. The van der Waals surface area contributed by atoms with E-state index in [1.54, 1.807) is 7.11 Å². The summed E-state index contributed by atoms with van der Waals surface area (Å²) in [4.78, 5) is 28.2. The maximum atomic E-state index is 13.1. The first kappa shape index (κ1) is 24.1. The molecule has 0 spiro atoms. The van der Waals surface area contributed by atoms with Gasteiger partial charge in [-0.05, 0) is 41.8 Å². The van der Waals surface area contributed by atoms with Crippen molar-refractivity contribution in [1.29, 1.82) is 0 Å². The third kappa shape index (κ3) is 5.90. The van der Waals surface area contributed by atoms with Gasteiger partial charge in [0, 0.05) is 36.5 Å². The predicted octanol–water partition coefficient (Wildman–Crippen LogP) is 5.00. The van der Waals surface area contributed by atoms with Crippen molar-refractivity contribution < 1.29 is 14.3 Å². The van der Waals surface area contributed by atoms with E-state index in [0.29, 0.717) is 6.54 Å². The number of benzene rings is 3. The summed E-state index contributed by atoms with van der Waals surface area (Å²) in [6, 6.07) is 23.6. The van der Waals surface area contributed by atoms with E-state index in [9.17, 15) is 9.59 Å². The highest BCUT2D eigenvalue weighted by molar-refractivity contribution is 5.84. The van der Waals surface area contributed by atoms with E-state index in [0.717, 1.165) is 38.9 Å². The van der Waals surface area contributed by atoms with Crippen LogP contribution in [0.2, 0.25) is 0 Å². The maximum absolute atomic E-state index is 13.1. The Hall–Kier alpha value is -4.06. The predicted molar refractivity (Wildman–Crippen MR) is 138 cm³/mol. The number of methoxy groups -OCH3 is 1. The van der Waals surface area contributed by atoms with E-state index in [2.05, 4.69) is 21.7 Å². The Bertz CT molecular complexity index is 1290. The highest BCUT2D eigenvalue weighted by Crippen LogP contribution is 2.31. The number of ether oxygens (including phenoxy) is 1. The maximum Gasteiger partial charge on any atom is 0.222 e. The Morgan fingerprint density at radius 2 is 1.63 bits per heavy atom. The smallest absolute Gasteiger partial charge is 0.222 e. The third-order valence-corrected chi connectivity index (χ3v) is 6.26. The molecule has 2 atom stereocenters. The number of carbonyl (C=O) groups excluding carboxylic acids is 2. The van der Waals surface area contributed by atoms with Gasteiger partial charge in [-0.2, -0.15) is 0 Å². The molecule has 0 saturated heterocycles. The van der Waals surface area contributed by atoms with E-state index < -0.39 is 0 Å². The molecule has 4 rings (SSSR count). The largest absolute Gasteiger partial charge is 0.497 e. The highest BCUT2D eigenvalue weighted by atomic mass is 16.5. The Balaban J connectivity index is 1.55. The molecule has 2 amide bonds. The van der Waals surface area contributed by atoms with Crippen LogP contribution in [0.15, 0.2) is 79.0 Å². The highest BCUT2D eigenvalue weighted by Gasteiger charge is 2.21. The average Bonchev–Trinajstić information content (AvgIpc) is 3.28. The number of H-pyrrole nitrogens is 1. The molecule has 0 aliphatic rings. The number of aromatic nitrogens is 1. The van der Waals surface area contributed by atoms with E-state index in [1.807, 2.05) is 79.9 Å². The lowest BCUT2D eigenvalue weighted by Gasteiger charge is -2.21. The van der Waals surface area contributed by atoms with Gasteiger partial charge in [0.1, 0.15) is 5.75 Å². The number of hydrogen-bond acceptors (Lipinski definition) is 3. The molecule has 0 saturated carbocycles. The van der Waals surface area contributed by atoms with Gasteiger partial charge in [-0.1, -0.05) is 60.2 Å². The summed E-state index contributed by atoms with van der Waals surface area (Å²) in [5.41, 5.74) is 5.28. The summed E-state index contributed by atoms with van der Waals surface area (Å²) in [7, 11) is 1.64. The minimum Gasteiger partial charge on any atom is -0.497 e. The second-order valence-corrected chi connectivity index (χ2v) is 8.79. The molecule has 1 heterocycles. The van der Waals surface area contributed by atoms with Crippen molar-refractivity contribution in [2.75, 3.05) is 13.7 Å². The number of aryl methyl sites for hydroxylation is 1. The lowest BCUT2D eigenvalue weighted by molar-refractivity contribution is -0.122. The van der Waals surface area contributed by atoms with Crippen molar-refractivity contribution >= 4 is 22.7 Å². The van der Waals surface area contributed by atoms with Crippen LogP contribution in [0.25, 0.3) is 10.9 Å². The van der Waals surface area contributed by atoms with Crippen molar-refractivity contribution in [2.24, 2.45) is 0 Å². The summed E-state index contributed by atoms with van der Waals surface area (Å²) in [5.74, 6) is 0.437. The molecule has 3 N–H and O–H groups in total. The molecule has 0 aliphatic carbocycles. The third-order valence-electron chi connectivity index (χ3n) is 6.26. The van der Waals surface area contributed by atoms with Crippen LogP contribution >= 0.6 is 0 Å². The van der Waals surface area contributed by atoms with Gasteiger partial charge in [-0.25, -0.2) is 0 Å². The van der Waals surface area contributed by atoms with E-state index >= 15 is 0 Å². The van der Waals surface area contributed by atoms with Crippen molar-refractivity contribution in [3.63, 3.8) is 0 Å². The van der Waals surface area contributed by atoms with Gasteiger partial charge in [0.15, 0.2) is 0 Å². The van der Waals surface area contributed by atoms with E-state index in [1.165, 1.54) is 6.92 Å². The monoisotopic (exact) mass is 469 g/mol. The van der Waals surface area contributed by atoms with Crippen LogP contribution in [0.5, 0.6) is 5.75 Å². The zero-order chi connectivity index (χ0) is 24.8. The van der Waals surface area contributed by atoms with Crippen LogP contribution in [0.3, 0.4) is 0 Å². The van der Waals surface area contributed by atoms with Gasteiger partial charge >= 0.3 is 0 Å². The lowest BCUT2D eigenvalue weighted by atomic mass is 9.90. The van der Waals surface area contributed by atoms with Crippen LogP contribution in [0, 0.1) is 6.92 Å². The molecule has 0 fully saturated rings. The van der Waals surface area contributed by atoms with Crippen LogP contribution in [0.4, 0.5) is 0 Å². The normalized spacial score (nSPS) is 12.7. The van der Waals surface area contributed by atoms with Gasteiger partial charge < -0.3 is 20.4 Å². The topological polar surface area (TPSA) is 83.2 Å². The van der Waals surface area contributed by atoms with Crippen LogP contribution in [-0.2, 0) is 9.59 Å². The number of amides is 2. The molecule has 0 bridgehead atoms. The summed E-state index contributed by atoms with van der Waals surface area (Å²) in [5, 5.41) is 7.15. The molecule has 35 heavy (non-hydrogen) atoms. The summed E-state index contributed by atoms with van der Waals surface area (Å²) < 4.78 is 5.32. The Kier molecular flexibility index (Phi) is 7.51. The molecular weight excluding hydrogens is 438 g/mol. The first-order valence-corrected chi connectivity index (χ1v) is 11.7. The molecule has 0 unspecified atom stereocenters. The number of nitrogens with one attached hydrogen (secondary N) is 3. The Morgan fingerprint density at radius 3 is 2.31 bits per heavy atom. The fourth-order valence-corrected chi connectivity index (χ4v) is 4.40. The number of para-hydroxylation sites is 1. The summed E-state index contributed by atoms with van der Waals surface area (Å²) >= 11 is 0. The first-order chi connectivity index (χ1) is 16.9. The lowest BCUT2D eigenvalue weighted by Crippen LogP contribution is -2.34. The summed E-state index contributed by atoms with van der Waals surface area (Å²) in [6.45, 7) is 3.90. The fourth-order valence-electron chi connectivity index (χ4n) is 4.40. The van der Waals surface area contributed by atoms with Crippen LogP contribution < -0.4 is 15.4 Å². The Morgan fingerprint density at radius 1 is 0.943 bits per heavy atom.